The summed E-state index contributed by atoms with van der Waals surface area (Å²) in [6, 6.07) is 11.0. The first-order valence-electron chi connectivity index (χ1n) is 8.51. The lowest BCUT2D eigenvalue weighted by atomic mass is 10.3. The van der Waals surface area contributed by atoms with Crippen LogP contribution in [0, 0.1) is 0 Å². The number of thiophene rings is 1. The van der Waals surface area contributed by atoms with E-state index in [1.807, 2.05) is 13.8 Å². The van der Waals surface area contributed by atoms with E-state index in [2.05, 4.69) is 14.9 Å². The number of hydrogen-bond acceptors (Lipinski definition) is 7. The molecule has 28 heavy (non-hydrogen) atoms. The first-order chi connectivity index (χ1) is 13.4. The van der Waals surface area contributed by atoms with Crippen molar-refractivity contribution in [2.75, 3.05) is 17.9 Å². The Bertz CT molecular complexity index is 1100. The van der Waals surface area contributed by atoms with Crippen LogP contribution in [0.3, 0.4) is 0 Å². The molecule has 8 nitrogen and oxygen atoms in total. The maximum absolute atomic E-state index is 12.9. The van der Waals surface area contributed by atoms with Crippen LogP contribution in [0.4, 0.5) is 5.69 Å². The Kier molecular flexibility index (Phi) is 6.00. The minimum atomic E-state index is -3.85. The van der Waals surface area contributed by atoms with E-state index in [0.29, 0.717) is 41.0 Å². The highest BCUT2D eigenvalue weighted by atomic mass is 32.2. The van der Waals surface area contributed by atoms with Crippen LogP contribution in [0.2, 0.25) is 0 Å². The summed E-state index contributed by atoms with van der Waals surface area (Å²) >= 11 is 1.04. The maximum Gasteiger partial charge on any atom is 0.271 e. The molecule has 2 heterocycles. The second kappa shape index (κ2) is 8.44. The van der Waals surface area contributed by atoms with Crippen LogP contribution in [0.1, 0.15) is 13.8 Å². The van der Waals surface area contributed by atoms with Crippen molar-refractivity contribution in [3.05, 3.63) is 52.8 Å². The number of H-pyrrole nitrogens is 1. The zero-order valence-corrected chi connectivity index (χ0v) is 16.9. The van der Waals surface area contributed by atoms with Crippen LogP contribution in [-0.4, -0.2) is 31.8 Å². The Morgan fingerprint density at radius 2 is 1.86 bits per heavy atom. The minimum Gasteiger partial charge on any atom is -0.494 e. The summed E-state index contributed by atoms with van der Waals surface area (Å²) < 4.78 is 39.3. The van der Waals surface area contributed by atoms with Crippen LogP contribution in [0.5, 0.6) is 11.5 Å². The average molecular weight is 422 g/mol. The largest absolute Gasteiger partial charge is 0.494 e. The van der Waals surface area contributed by atoms with Gasteiger partial charge in [-0.15, -0.1) is 11.3 Å². The van der Waals surface area contributed by atoms with E-state index in [1.54, 1.807) is 24.3 Å². The fraction of sp³-hybridized carbons (Fsp3) is 0.222. The van der Waals surface area contributed by atoms with Gasteiger partial charge in [0.05, 0.1) is 23.8 Å². The lowest BCUT2D eigenvalue weighted by Gasteiger charge is -2.14. The van der Waals surface area contributed by atoms with E-state index >= 15 is 0 Å². The second-order valence-electron chi connectivity index (χ2n) is 5.55. The van der Waals surface area contributed by atoms with Crippen molar-refractivity contribution in [2.24, 2.45) is 0 Å². The van der Waals surface area contributed by atoms with E-state index in [0.717, 1.165) is 11.3 Å². The highest BCUT2D eigenvalue weighted by Gasteiger charge is 2.20. The van der Waals surface area contributed by atoms with Crippen molar-refractivity contribution in [3.8, 4) is 22.1 Å². The third-order valence-corrected chi connectivity index (χ3v) is 6.55. The van der Waals surface area contributed by atoms with Crippen LogP contribution >= 0.6 is 11.3 Å². The van der Waals surface area contributed by atoms with E-state index in [9.17, 15) is 13.2 Å². The van der Waals surface area contributed by atoms with Gasteiger partial charge in [0.25, 0.3) is 15.6 Å². The van der Waals surface area contributed by atoms with E-state index < -0.39 is 10.0 Å². The minimum absolute atomic E-state index is 0.111. The molecule has 0 saturated carbocycles. The number of sulfonamides is 1. The van der Waals surface area contributed by atoms with Gasteiger partial charge in [0, 0.05) is 12.1 Å². The summed E-state index contributed by atoms with van der Waals surface area (Å²) in [5, 5.41) is 6.25. The molecular weight excluding hydrogens is 402 g/mol. The Balaban J connectivity index is 1.90. The van der Waals surface area contributed by atoms with Crippen LogP contribution in [0.25, 0.3) is 10.6 Å². The normalized spacial score (nSPS) is 11.2. The van der Waals surface area contributed by atoms with Crippen molar-refractivity contribution in [3.63, 3.8) is 0 Å². The molecule has 0 saturated heterocycles. The molecule has 0 unspecified atom stereocenters. The Hall–Kier alpha value is -2.85. The van der Waals surface area contributed by atoms with Gasteiger partial charge in [-0.2, -0.15) is 5.10 Å². The number of benzene rings is 1. The van der Waals surface area contributed by atoms with Gasteiger partial charge in [0.15, 0.2) is 0 Å². The van der Waals surface area contributed by atoms with E-state index in [-0.39, 0.29) is 9.77 Å². The standard InChI is InChI=1S/C18H19N3O5S2/c1-3-25-12-5-7-15(26-4-2)14(11-12)21-28(23,24)18-10-8-16(27-18)13-6-9-17(22)20-19-13/h5-11,21H,3-4H2,1-2H3,(H,20,22). The molecule has 0 amide bonds. The fourth-order valence-corrected chi connectivity index (χ4v) is 4.74. The summed E-state index contributed by atoms with van der Waals surface area (Å²) in [4.78, 5) is 11.8. The number of rotatable bonds is 8. The second-order valence-corrected chi connectivity index (χ2v) is 8.55. The quantitative estimate of drug-likeness (QED) is 0.578. The molecule has 0 aliphatic rings. The summed E-state index contributed by atoms with van der Waals surface area (Å²) in [5.74, 6) is 0.946. The highest BCUT2D eigenvalue weighted by Crippen LogP contribution is 2.34. The maximum atomic E-state index is 12.9. The van der Waals surface area contributed by atoms with Gasteiger partial charge >= 0.3 is 0 Å². The van der Waals surface area contributed by atoms with Gasteiger partial charge in [-0.05, 0) is 44.2 Å². The molecule has 1 aromatic carbocycles. The molecule has 0 radical (unpaired) electrons. The SMILES string of the molecule is CCOc1ccc(OCC)c(NS(=O)(=O)c2ccc(-c3ccc(=O)[nH]n3)s2)c1. The van der Waals surface area contributed by atoms with Gasteiger partial charge in [-0.3, -0.25) is 9.52 Å². The average Bonchev–Trinajstić information content (AvgIpc) is 3.16. The first-order valence-corrected chi connectivity index (χ1v) is 10.8. The number of anilines is 1. The number of nitrogens with zero attached hydrogens (tertiary/aromatic N) is 1. The molecule has 0 spiro atoms. The van der Waals surface area contributed by atoms with Crippen molar-refractivity contribution in [1.29, 1.82) is 0 Å². The van der Waals surface area contributed by atoms with Gasteiger partial charge in [-0.1, -0.05) is 0 Å². The number of aromatic amines is 1. The van der Waals surface area contributed by atoms with Crippen molar-refractivity contribution < 1.29 is 17.9 Å². The molecule has 0 atom stereocenters. The summed E-state index contributed by atoms with van der Waals surface area (Å²) in [5.41, 5.74) is 0.455. The molecular formula is C18H19N3O5S2. The fourth-order valence-electron chi connectivity index (χ4n) is 2.41. The van der Waals surface area contributed by atoms with Crippen LogP contribution in [-0.2, 0) is 10.0 Å². The first kappa shape index (κ1) is 19.9. The van der Waals surface area contributed by atoms with Crippen LogP contribution < -0.4 is 19.8 Å². The molecule has 148 valence electrons. The highest BCUT2D eigenvalue weighted by molar-refractivity contribution is 7.94. The predicted octanol–water partition coefficient (Wildman–Crippen LogP) is 3.10. The lowest BCUT2D eigenvalue weighted by Crippen LogP contribution is -2.13. The smallest absolute Gasteiger partial charge is 0.271 e. The zero-order chi connectivity index (χ0) is 20.1. The monoisotopic (exact) mass is 421 g/mol. The zero-order valence-electron chi connectivity index (χ0n) is 15.3. The van der Waals surface area contributed by atoms with E-state index in [4.69, 9.17) is 9.47 Å². The lowest BCUT2D eigenvalue weighted by molar-refractivity contribution is 0.332. The molecule has 3 rings (SSSR count). The van der Waals surface area contributed by atoms with Crippen molar-refractivity contribution >= 4 is 27.0 Å². The Morgan fingerprint density at radius 1 is 1.07 bits per heavy atom. The van der Waals surface area contributed by atoms with Gasteiger partial charge in [-0.25, -0.2) is 13.5 Å². The van der Waals surface area contributed by atoms with E-state index in [1.165, 1.54) is 18.2 Å². The summed E-state index contributed by atoms with van der Waals surface area (Å²) in [7, 11) is -3.85. The number of aromatic nitrogens is 2. The molecule has 0 fully saturated rings. The van der Waals surface area contributed by atoms with Crippen molar-refractivity contribution in [2.45, 2.75) is 18.1 Å². The molecule has 10 heteroatoms. The van der Waals surface area contributed by atoms with Crippen LogP contribution in [0.15, 0.2) is 51.5 Å². The van der Waals surface area contributed by atoms with Crippen molar-refractivity contribution in [1.82, 2.24) is 10.2 Å². The molecule has 0 bridgehead atoms. The molecule has 0 aliphatic heterocycles. The Labute approximate surface area is 166 Å². The third kappa shape index (κ3) is 4.52. The molecule has 3 aromatic rings. The van der Waals surface area contributed by atoms with Gasteiger partial charge in [0.1, 0.15) is 21.4 Å². The Morgan fingerprint density at radius 3 is 2.54 bits per heavy atom. The summed E-state index contributed by atoms with van der Waals surface area (Å²) in [6.45, 7) is 4.51. The molecule has 0 aliphatic carbocycles. The topological polar surface area (TPSA) is 110 Å². The van der Waals surface area contributed by atoms with Gasteiger partial charge < -0.3 is 9.47 Å². The predicted molar refractivity (Wildman–Crippen MR) is 108 cm³/mol. The molecule has 2 N–H and O–H groups in total. The number of hydrogen-bond donors (Lipinski definition) is 2. The number of ether oxygens (including phenoxy) is 2. The number of nitrogens with one attached hydrogen (secondary N) is 2. The molecule has 2 aromatic heterocycles. The van der Waals surface area contributed by atoms with Gasteiger partial charge in [0.2, 0.25) is 0 Å². The summed E-state index contributed by atoms with van der Waals surface area (Å²) in [6.07, 6.45) is 0. The third-order valence-electron chi connectivity index (χ3n) is 3.58.